The average molecular weight is 347 g/mol. The van der Waals surface area contributed by atoms with Crippen LogP contribution in [0.25, 0.3) is 17.1 Å². The molecule has 6 nitrogen and oxygen atoms in total. The standard InChI is InChI=1S/C20H21N5O/c1-14-6-2-3-7-16-12-15(9-11-21-16)19-17(23-20(14)26)13-25(24-19)18-8-4-5-10-22-18/h4-5,8-14H,2-3,6-7H2,1H3,(H,23,26). The van der Waals surface area contributed by atoms with Crippen molar-refractivity contribution >= 4 is 11.6 Å². The molecule has 0 saturated heterocycles. The summed E-state index contributed by atoms with van der Waals surface area (Å²) in [5.74, 6) is 0.703. The normalized spacial score (nSPS) is 17.6. The third-order valence-corrected chi connectivity index (χ3v) is 4.71. The van der Waals surface area contributed by atoms with Crippen LogP contribution in [0.1, 0.15) is 31.9 Å². The van der Waals surface area contributed by atoms with Crippen molar-refractivity contribution in [2.75, 3.05) is 5.32 Å². The van der Waals surface area contributed by atoms with E-state index in [1.54, 1.807) is 10.9 Å². The van der Waals surface area contributed by atoms with Crippen molar-refractivity contribution in [2.24, 2.45) is 5.92 Å². The van der Waals surface area contributed by atoms with Crippen molar-refractivity contribution in [3.05, 3.63) is 54.6 Å². The summed E-state index contributed by atoms with van der Waals surface area (Å²) < 4.78 is 1.70. The number of hydrogen-bond acceptors (Lipinski definition) is 4. The Balaban J connectivity index is 1.82. The van der Waals surface area contributed by atoms with Gasteiger partial charge in [0, 0.05) is 29.6 Å². The maximum absolute atomic E-state index is 12.6. The van der Waals surface area contributed by atoms with Crippen LogP contribution in [0.2, 0.25) is 0 Å². The number of carbonyl (C=O) groups is 1. The smallest absolute Gasteiger partial charge is 0.227 e. The Hall–Kier alpha value is -3.02. The Morgan fingerprint density at radius 2 is 2.08 bits per heavy atom. The molecule has 1 aliphatic rings. The van der Waals surface area contributed by atoms with Gasteiger partial charge in [-0.3, -0.25) is 9.78 Å². The van der Waals surface area contributed by atoms with Crippen molar-refractivity contribution in [1.29, 1.82) is 0 Å². The summed E-state index contributed by atoms with van der Waals surface area (Å²) in [5.41, 5.74) is 3.44. The van der Waals surface area contributed by atoms with Gasteiger partial charge in [-0.05, 0) is 43.5 Å². The first kappa shape index (κ1) is 16.4. The van der Waals surface area contributed by atoms with Crippen molar-refractivity contribution in [1.82, 2.24) is 19.7 Å². The van der Waals surface area contributed by atoms with E-state index < -0.39 is 0 Å². The van der Waals surface area contributed by atoms with Crippen LogP contribution in [-0.4, -0.2) is 25.7 Å². The number of rotatable bonds is 1. The molecule has 4 rings (SSSR count). The average Bonchev–Trinajstić information content (AvgIpc) is 3.09. The fraction of sp³-hybridized carbons (Fsp3) is 0.300. The van der Waals surface area contributed by atoms with Crippen LogP contribution in [0.3, 0.4) is 0 Å². The molecule has 0 radical (unpaired) electrons. The van der Waals surface area contributed by atoms with Gasteiger partial charge in [0.2, 0.25) is 5.91 Å². The van der Waals surface area contributed by atoms with Gasteiger partial charge in [-0.15, -0.1) is 0 Å². The topological polar surface area (TPSA) is 72.7 Å². The van der Waals surface area contributed by atoms with Crippen LogP contribution in [0.4, 0.5) is 5.69 Å². The number of pyridine rings is 2. The fourth-order valence-electron chi connectivity index (χ4n) is 3.19. The first-order valence-electron chi connectivity index (χ1n) is 8.98. The lowest BCUT2D eigenvalue weighted by atomic mass is 10.00. The lowest BCUT2D eigenvalue weighted by molar-refractivity contribution is -0.119. The predicted molar refractivity (Wildman–Crippen MR) is 99.9 cm³/mol. The maximum Gasteiger partial charge on any atom is 0.227 e. The SMILES string of the molecule is CC1CCCCc2cc(ccn2)-c2nn(-c3ccccn3)cc2NC1=O. The van der Waals surface area contributed by atoms with Crippen LogP contribution in [-0.2, 0) is 11.2 Å². The van der Waals surface area contributed by atoms with Crippen LogP contribution >= 0.6 is 0 Å². The van der Waals surface area contributed by atoms with Crippen LogP contribution in [0.15, 0.2) is 48.9 Å². The summed E-state index contributed by atoms with van der Waals surface area (Å²) in [4.78, 5) is 21.4. The van der Waals surface area contributed by atoms with Crippen LogP contribution in [0.5, 0.6) is 0 Å². The molecule has 0 aliphatic carbocycles. The lowest BCUT2D eigenvalue weighted by Crippen LogP contribution is -2.20. The van der Waals surface area contributed by atoms with Crippen molar-refractivity contribution < 1.29 is 4.79 Å². The molecule has 1 unspecified atom stereocenters. The lowest BCUT2D eigenvalue weighted by Gasteiger charge is -2.13. The van der Waals surface area contributed by atoms with E-state index in [1.165, 1.54) is 0 Å². The van der Waals surface area contributed by atoms with E-state index in [2.05, 4.69) is 21.4 Å². The number of fused-ring (bicyclic) bond motifs is 4. The van der Waals surface area contributed by atoms with Crippen molar-refractivity contribution in [2.45, 2.75) is 32.6 Å². The number of nitrogens with one attached hydrogen (secondary N) is 1. The molecule has 0 saturated carbocycles. The number of carbonyl (C=O) groups excluding carboxylic acids is 1. The Labute approximate surface area is 152 Å². The summed E-state index contributed by atoms with van der Waals surface area (Å²) in [5, 5.41) is 7.75. The van der Waals surface area contributed by atoms with E-state index in [4.69, 9.17) is 5.10 Å². The van der Waals surface area contributed by atoms with Crippen LogP contribution < -0.4 is 5.32 Å². The van der Waals surface area contributed by atoms with Gasteiger partial charge >= 0.3 is 0 Å². The molecule has 4 heterocycles. The number of amides is 1. The van der Waals surface area contributed by atoms with E-state index in [1.807, 2.05) is 43.6 Å². The highest BCUT2D eigenvalue weighted by atomic mass is 16.1. The quantitative estimate of drug-likeness (QED) is 0.729. The van der Waals surface area contributed by atoms with Crippen molar-refractivity contribution in [3.8, 4) is 17.1 Å². The zero-order valence-corrected chi connectivity index (χ0v) is 14.7. The highest BCUT2D eigenvalue weighted by Crippen LogP contribution is 2.29. The summed E-state index contributed by atoms with van der Waals surface area (Å²) >= 11 is 0. The second-order valence-electron chi connectivity index (χ2n) is 6.70. The maximum atomic E-state index is 12.6. The number of nitrogens with zero attached hydrogens (tertiary/aromatic N) is 4. The molecule has 3 aromatic heterocycles. The molecule has 1 amide bonds. The first-order chi connectivity index (χ1) is 12.7. The summed E-state index contributed by atoms with van der Waals surface area (Å²) in [6.07, 6.45) is 9.19. The number of aryl methyl sites for hydroxylation is 1. The monoisotopic (exact) mass is 347 g/mol. The molecule has 1 atom stereocenters. The third kappa shape index (κ3) is 3.35. The molecule has 26 heavy (non-hydrogen) atoms. The molecule has 2 bridgehead atoms. The second kappa shape index (κ2) is 7.07. The zero-order chi connectivity index (χ0) is 17.9. The number of hydrogen-bond donors (Lipinski definition) is 1. The largest absolute Gasteiger partial charge is 0.323 e. The minimum atomic E-state index is -0.0354. The highest BCUT2D eigenvalue weighted by molar-refractivity contribution is 5.95. The minimum Gasteiger partial charge on any atom is -0.323 e. The van der Waals surface area contributed by atoms with E-state index in [9.17, 15) is 4.79 Å². The van der Waals surface area contributed by atoms with Gasteiger partial charge in [-0.1, -0.05) is 19.4 Å². The van der Waals surface area contributed by atoms with Gasteiger partial charge < -0.3 is 5.32 Å². The van der Waals surface area contributed by atoms with Gasteiger partial charge in [0.25, 0.3) is 0 Å². The minimum absolute atomic E-state index is 0.0293. The first-order valence-corrected chi connectivity index (χ1v) is 8.98. The third-order valence-electron chi connectivity index (χ3n) is 4.71. The molecule has 6 heteroatoms. The van der Waals surface area contributed by atoms with E-state index >= 15 is 0 Å². The Morgan fingerprint density at radius 1 is 1.15 bits per heavy atom. The molecular formula is C20H21N5O. The molecule has 1 aliphatic heterocycles. The molecule has 3 aromatic rings. The second-order valence-corrected chi connectivity index (χ2v) is 6.70. The number of aromatic nitrogens is 4. The summed E-state index contributed by atoms with van der Waals surface area (Å²) in [6.45, 7) is 1.97. The summed E-state index contributed by atoms with van der Waals surface area (Å²) in [6, 6.07) is 9.66. The molecule has 0 spiro atoms. The molecular weight excluding hydrogens is 326 g/mol. The van der Waals surface area contributed by atoms with Gasteiger partial charge in [0.05, 0.1) is 11.9 Å². The Bertz CT molecular complexity index is 919. The molecule has 1 N–H and O–H groups in total. The fourth-order valence-corrected chi connectivity index (χ4v) is 3.19. The summed E-state index contributed by atoms with van der Waals surface area (Å²) in [7, 11) is 0. The Morgan fingerprint density at radius 3 is 2.92 bits per heavy atom. The van der Waals surface area contributed by atoms with Crippen molar-refractivity contribution in [3.63, 3.8) is 0 Å². The van der Waals surface area contributed by atoms with Gasteiger partial charge in [-0.2, -0.15) is 5.10 Å². The van der Waals surface area contributed by atoms with Crippen LogP contribution in [0, 0.1) is 5.92 Å². The molecule has 0 aromatic carbocycles. The molecule has 0 fully saturated rings. The predicted octanol–water partition coefficient (Wildman–Crippen LogP) is 3.63. The van der Waals surface area contributed by atoms with E-state index in [0.29, 0.717) is 11.5 Å². The van der Waals surface area contributed by atoms with E-state index in [-0.39, 0.29) is 11.8 Å². The number of anilines is 1. The molecule has 132 valence electrons. The van der Waals surface area contributed by atoms with Gasteiger partial charge in [-0.25, -0.2) is 9.67 Å². The highest BCUT2D eigenvalue weighted by Gasteiger charge is 2.19. The zero-order valence-electron chi connectivity index (χ0n) is 14.7. The van der Waals surface area contributed by atoms with E-state index in [0.717, 1.165) is 42.6 Å². The Kier molecular flexibility index (Phi) is 4.48. The van der Waals surface area contributed by atoms with Gasteiger partial charge in [0.15, 0.2) is 5.82 Å². The van der Waals surface area contributed by atoms with Gasteiger partial charge in [0.1, 0.15) is 5.69 Å².